The lowest BCUT2D eigenvalue weighted by Gasteiger charge is -2.13. The molecule has 0 spiro atoms. The van der Waals surface area contributed by atoms with Crippen molar-refractivity contribution < 1.29 is 9.57 Å². The summed E-state index contributed by atoms with van der Waals surface area (Å²) in [6.07, 6.45) is 0.0578. The molecule has 0 amide bonds. The zero-order chi connectivity index (χ0) is 8.43. The maximum Gasteiger partial charge on any atom is 0.236 e. The fourth-order valence-electron chi connectivity index (χ4n) is 1.23. The van der Waals surface area contributed by atoms with E-state index in [9.17, 15) is 0 Å². The molecule has 1 rings (SSSR count). The van der Waals surface area contributed by atoms with Crippen LogP contribution in [-0.4, -0.2) is 19.1 Å². The molecule has 11 heavy (non-hydrogen) atoms. The highest BCUT2D eigenvalue weighted by molar-refractivity contribution is 5.82. The predicted octanol–water partition coefficient (Wildman–Crippen LogP) is 1.56. The molecule has 0 aromatic carbocycles. The van der Waals surface area contributed by atoms with Crippen LogP contribution in [0.4, 0.5) is 0 Å². The van der Waals surface area contributed by atoms with Gasteiger partial charge in [-0.3, -0.25) is 0 Å². The van der Waals surface area contributed by atoms with Gasteiger partial charge in [-0.1, -0.05) is 17.3 Å². The first-order valence-electron chi connectivity index (χ1n) is 3.60. The van der Waals surface area contributed by atoms with Crippen molar-refractivity contribution in [3.05, 3.63) is 12.2 Å². The standard InChI is InChI=1S/C8H13NO2/c1-5(2)7-6(3)11-9-8(7)10-4/h6-7H,1H2,2-4H3. The van der Waals surface area contributed by atoms with Crippen molar-refractivity contribution in [1.29, 1.82) is 0 Å². The van der Waals surface area contributed by atoms with Crippen molar-refractivity contribution in [3.8, 4) is 0 Å². The second kappa shape index (κ2) is 2.95. The van der Waals surface area contributed by atoms with Crippen molar-refractivity contribution in [2.75, 3.05) is 7.11 Å². The van der Waals surface area contributed by atoms with Gasteiger partial charge < -0.3 is 9.57 Å². The summed E-state index contributed by atoms with van der Waals surface area (Å²) in [5, 5.41) is 3.77. The summed E-state index contributed by atoms with van der Waals surface area (Å²) in [6, 6.07) is 0. The smallest absolute Gasteiger partial charge is 0.236 e. The van der Waals surface area contributed by atoms with E-state index in [1.165, 1.54) is 0 Å². The first-order valence-corrected chi connectivity index (χ1v) is 3.60. The summed E-state index contributed by atoms with van der Waals surface area (Å²) >= 11 is 0. The third kappa shape index (κ3) is 1.37. The predicted molar refractivity (Wildman–Crippen MR) is 43.3 cm³/mol. The van der Waals surface area contributed by atoms with Gasteiger partial charge in [-0.25, -0.2) is 0 Å². The molecule has 0 saturated carbocycles. The molecule has 62 valence electrons. The third-order valence-electron chi connectivity index (χ3n) is 1.78. The molecule has 0 radical (unpaired) electrons. The Kier molecular flexibility index (Phi) is 2.17. The molecule has 0 saturated heterocycles. The fraction of sp³-hybridized carbons (Fsp3) is 0.625. The van der Waals surface area contributed by atoms with Gasteiger partial charge in [0.25, 0.3) is 0 Å². The molecule has 0 aromatic heterocycles. The van der Waals surface area contributed by atoms with Gasteiger partial charge in [0, 0.05) is 0 Å². The van der Waals surface area contributed by atoms with Gasteiger partial charge in [0.2, 0.25) is 5.90 Å². The molecule has 2 atom stereocenters. The van der Waals surface area contributed by atoms with Crippen molar-refractivity contribution in [3.63, 3.8) is 0 Å². The first-order chi connectivity index (χ1) is 5.16. The molecule has 2 unspecified atom stereocenters. The molecule has 0 bridgehead atoms. The Bertz CT molecular complexity index is 198. The van der Waals surface area contributed by atoms with Gasteiger partial charge in [0.15, 0.2) is 0 Å². The highest BCUT2D eigenvalue weighted by atomic mass is 16.7. The van der Waals surface area contributed by atoms with Crippen LogP contribution in [0.5, 0.6) is 0 Å². The highest BCUT2D eigenvalue weighted by Gasteiger charge is 2.32. The molecule has 0 fully saturated rings. The Hall–Kier alpha value is -0.990. The molecule has 3 nitrogen and oxygen atoms in total. The summed E-state index contributed by atoms with van der Waals surface area (Å²) < 4.78 is 5.02. The van der Waals surface area contributed by atoms with Crippen LogP contribution in [0.1, 0.15) is 13.8 Å². The van der Waals surface area contributed by atoms with Gasteiger partial charge in [-0.05, 0) is 13.8 Å². The molecule has 0 aliphatic carbocycles. The normalized spacial score (nSPS) is 29.2. The van der Waals surface area contributed by atoms with E-state index in [1.54, 1.807) is 7.11 Å². The second-order valence-corrected chi connectivity index (χ2v) is 2.77. The third-order valence-corrected chi connectivity index (χ3v) is 1.78. The van der Waals surface area contributed by atoms with Crippen molar-refractivity contribution in [1.82, 2.24) is 0 Å². The fourth-order valence-corrected chi connectivity index (χ4v) is 1.23. The number of rotatable bonds is 1. The van der Waals surface area contributed by atoms with Gasteiger partial charge in [0.1, 0.15) is 6.10 Å². The van der Waals surface area contributed by atoms with Crippen LogP contribution in [-0.2, 0) is 9.57 Å². The lowest BCUT2D eigenvalue weighted by Crippen LogP contribution is -2.22. The maximum atomic E-state index is 5.03. The van der Waals surface area contributed by atoms with Crippen LogP contribution in [0, 0.1) is 5.92 Å². The molecule has 1 aliphatic rings. The highest BCUT2D eigenvalue weighted by Crippen LogP contribution is 2.24. The lowest BCUT2D eigenvalue weighted by atomic mass is 9.97. The number of methoxy groups -OCH3 is 1. The molecular formula is C8H13NO2. The average Bonchev–Trinajstić information content (AvgIpc) is 2.30. The van der Waals surface area contributed by atoms with Crippen LogP contribution >= 0.6 is 0 Å². The van der Waals surface area contributed by atoms with E-state index in [2.05, 4.69) is 11.7 Å². The monoisotopic (exact) mass is 155 g/mol. The number of hydrogen-bond donors (Lipinski definition) is 0. The Morgan fingerprint density at radius 2 is 2.36 bits per heavy atom. The number of hydrogen-bond acceptors (Lipinski definition) is 3. The van der Waals surface area contributed by atoms with Crippen LogP contribution in [0.3, 0.4) is 0 Å². The second-order valence-electron chi connectivity index (χ2n) is 2.77. The lowest BCUT2D eigenvalue weighted by molar-refractivity contribution is 0.0833. The van der Waals surface area contributed by atoms with Crippen LogP contribution in [0.25, 0.3) is 0 Å². The average molecular weight is 155 g/mol. The summed E-state index contributed by atoms with van der Waals surface area (Å²) in [5.41, 5.74) is 1.02. The Balaban J connectivity index is 2.74. The molecule has 0 aromatic rings. The Morgan fingerprint density at radius 1 is 1.73 bits per heavy atom. The van der Waals surface area contributed by atoms with E-state index in [-0.39, 0.29) is 12.0 Å². The van der Waals surface area contributed by atoms with E-state index in [0.29, 0.717) is 5.90 Å². The van der Waals surface area contributed by atoms with E-state index in [0.717, 1.165) is 5.57 Å². The molecule has 0 N–H and O–H groups in total. The van der Waals surface area contributed by atoms with Crippen LogP contribution < -0.4 is 0 Å². The van der Waals surface area contributed by atoms with Crippen molar-refractivity contribution in [2.45, 2.75) is 20.0 Å². The van der Waals surface area contributed by atoms with E-state index < -0.39 is 0 Å². The summed E-state index contributed by atoms with van der Waals surface area (Å²) in [5.74, 6) is 0.755. The summed E-state index contributed by atoms with van der Waals surface area (Å²) in [4.78, 5) is 5.03. The van der Waals surface area contributed by atoms with Crippen LogP contribution in [0.15, 0.2) is 17.3 Å². The number of ether oxygens (including phenoxy) is 1. The van der Waals surface area contributed by atoms with Crippen molar-refractivity contribution >= 4 is 5.90 Å². The van der Waals surface area contributed by atoms with Crippen LogP contribution in [0.2, 0.25) is 0 Å². The van der Waals surface area contributed by atoms with Gasteiger partial charge in [-0.2, -0.15) is 0 Å². The van der Waals surface area contributed by atoms with E-state index in [1.807, 2.05) is 13.8 Å². The van der Waals surface area contributed by atoms with Gasteiger partial charge in [-0.15, -0.1) is 0 Å². The summed E-state index contributed by atoms with van der Waals surface area (Å²) in [6.45, 7) is 7.75. The Morgan fingerprint density at radius 3 is 2.73 bits per heavy atom. The van der Waals surface area contributed by atoms with Gasteiger partial charge >= 0.3 is 0 Å². The minimum atomic E-state index is 0.0578. The molecule has 1 heterocycles. The van der Waals surface area contributed by atoms with Crippen molar-refractivity contribution in [2.24, 2.45) is 11.1 Å². The summed E-state index contributed by atoms with van der Waals surface area (Å²) in [7, 11) is 1.59. The topological polar surface area (TPSA) is 30.8 Å². The Labute approximate surface area is 66.7 Å². The number of oxime groups is 1. The number of nitrogens with zero attached hydrogens (tertiary/aromatic N) is 1. The first kappa shape index (κ1) is 8.11. The van der Waals surface area contributed by atoms with Gasteiger partial charge in [0.05, 0.1) is 13.0 Å². The quantitative estimate of drug-likeness (QED) is 0.538. The minimum absolute atomic E-state index is 0.0578. The minimum Gasteiger partial charge on any atom is -0.481 e. The van der Waals surface area contributed by atoms with E-state index in [4.69, 9.17) is 9.57 Å². The zero-order valence-electron chi connectivity index (χ0n) is 7.13. The SMILES string of the molecule is C=C(C)C1C(OC)=NOC1C. The largest absolute Gasteiger partial charge is 0.481 e. The van der Waals surface area contributed by atoms with E-state index >= 15 is 0 Å². The molecule has 3 heteroatoms. The maximum absolute atomic E-state index is 5.03. The zero-order valence-corrected chi connectivity index (χ0v) is 7.13. The molecular weight excluding hydrogens is 142 g/mol. The molecule has 1 aliphatic heterocycles.